The second-order valence-corrected chi connectivity index (χ2v) is 5.18. The Labute approximate surface area is 118 Å². The van der Waals surface area contributed by atoms with E-state index in [-0.39, 0.29) is 11.8 Å². The molecule has 0 amide bonds. The third kappa shape index (κ3) is 3.67. The van der Waals surface area contributed by atoms with E-state index in [1.807, 2.05) is 6.07 Å². The molecule has 5 heteroatoms. The van der Waals surface area contributed by atoms with Crippen LogP contribution in [-0.4, -0.2) is 37.2 Å². The van der Waals surface area contributed by atoms with E-state index >= 15 is 0 Å². The molecule has 0 aromatic heterocycles. The first-order chi connectivity index (χ1) is 9.61. The average molecular weight is 284 g/mol. The molecule has 0 bridgehead atoms. The first-order valence-electron chi connectivity index (χ1n) is 7.13. The number of halogens is 2. The van der Waals surface area contributed by atoms with Gasteiger partial charge in [-0.2, -0.15) is 8.78 Å². The summed E-state index contributed by atoms with van der Waals surface area (Å²) in [5, 5.41) is 3.28. The average Bonchev–Trinajstić information content (AvgIpc) is 2.35. The highest BCUT2D eigenvalue weighted by atomic mass is 19.3. The highest BCUT2D eigenvalue weighted by Gasteiger charge is 2.28. The zero-order valence-electron chi connectivity index (χ0n) is 12.0. The van der Waals surface area contributed by atoms with Gasteiger partial charge < -0.3 is 10.1 Å². The van der Waals surface area contributed by atoms with E-state index < -0.39 is 6.61 Å². The summed E-state index contributed by atoms with van der Waals surface area (Å²) in [7, 11) is 0. The van der Waals surface area contributed by atoms with Crippen molar-refractivity contribution in [3.8, 4) is 5.75 Å². The number of hydrogen-bond donors (Lipinski definition) is 1. The highest BCUT2D eigenvalue weighted by Crippen LogP contribution is 2.27. The Morgan fingerprint density at radius 1 is 1.40 bits per heavy atom. The number of rotatable bonds is 7. The van der Waals surface area contributed by atoms with Gasteiger partial charge in [0.2, 0.25) is 0 Å². The molecule has 3 nitrogen and oxygen atoms in total. The smallest absolute Gasteiger partial charge is 0.387 e. The molecule has 1 fully saturated rings. The van der Waals surface area contributed by atoms with Gasteiger partial charge in [-0.15, -0.1) is 0 Å². The summed E-state index contributed by atoms with van der Waals surface area (Å²) in [5.74, 6) is 0.229. The van der Waals surface area contributed by atoms with Crippen LogP contribution in [0, 0.1) is 0 Å². The highest BCUT2D eigenvalue weighted by molar-refractivity contribution is 5.30. The van der Waals surface area contributed by atoms with Crippen molar-refractivity contribution in [3.05, 3.63) is 29.8 Å². The molecule has 0 saturated carbocycles. The molecule has 1 unspecified atom stereocenters. The Morgan fingerprint density at radius 3 is 2.70 bits per heavy atom. The van der Waals surface area contributed by atoms with Crippen molar-refractivity contribution >= 4 is 0 Å². The summed E-state index contributed by atoms with van der Waals surface area (Å²) in [6.07, 6.45) is 1.08. The third-order valence-corrected chi connectivity index (χ3v) is 3.77. The number of alkyl halides is 2. The monoisotopic (exact) mass is 284 g/mol. The first-order valence-corrected chi connectivity index (χ1v) is 7.13. The van der Waals surface area contributed by atoms with Gasteiger partial charge in [0.25, 0.3) is 0 Å². The van der Waals surface area contributed by atoms with Crippen molar-refractivity contribution in [2.24, 2.45) is 0 Å². The lowest BCUT2D eigenvalue weighted by atomic mass is 10.0. The molecular weight excluding hydrogens is 262 g/mol. The zero-order chi connectivity index (χ0) is 14.5. The fourth-order valence-corrected chi connectivity index (χ4v) is 2.60. The molecule has 0 radical (unpaired) electrons. The van der Waals surface area contributed by atoms with Crippen molar-refractivity contribution in [1.29, 1.82) is 0 Å². The number of hydrogen-bond acceptors (Lipinski definition) is 3. The van der Waals surface area contributed by atoms with E-state index in [1.54, 1.807) is 18.2 Å². The number of benzene rings is 1. The number of nitrogens with zero attached hydrogens (tertiary/aromatic N) is 1. The van der Waals surface area contributed by atoms with Crippen LogP contribution in [0.4, 0.5) is 8.78 Å². The second-order valence-electron chi connectivity index (χ2n) is 5.18. The molecule has 2 rings (SSSR count). The minimum atomic E-state index is -2.77. The quantitative estimate of drug-likeness (QED) is 0.833. The third-order valence-electron chi connectivity index (χ3n) is 3.77. The summed E-state index contributed by atoms with van der Waals surface area (Å²) in [5.41, 5.74) is 1.02. The normalized spacial score (nSPS) is 17.3. The Bertz CT molecular complexity index is 424. The lowest BCUT2D eigenvalue weighted by Crippen LogP contribution is -2.57. The van der Waals surface area contributed by atoms with Gasteiger partial charge in [-0.1, -0.05) is 19.1 Å². The summed E-state index contributed by atoms with van der Waals surface area (Å²) < 4.78 is 29.0. The molecule has 1 heterocycles. The van der Waals surface area contributed by atoms with Crippen molar-refractivity contribution < 1.29 is 13.5 Å². The molecular formula is C15H22F2N2O. The van der Waals surface area contributed by atoms with Gasteiger partial charge >= 0.3 is 6.61 Å². The van der Waals surface area contributed by atoms with E-state index in [1.165, 1.54) is 0 Å². The number of ether oxygens (including phenoxy) is 1. The van der Waals surface area contributed by atoms with Gasteiger partial charge in [-0.05, 0) is 37.6 Å². The molecule has 1 aliphatic rings. The summed E-state index contributed by atoms with van der Waals surface area (Å²) in [6, 6.07) is 7.75. The molecule has 1 aromatic carbocycles. The Hall–Kier alpha value is -1.20. The Balaban J connectivity index is 2.11. The minimum absolute atomic E-state index is 0.197. The van der Waals surface area contributed by atoms with Gasteiger partial charge in [0.05, 0.1) is 0 Å². The van der Waals surface area contributed by atoms with Gasteiger partial charge in [0.15, 0.2) is 0 Å². The predicted octanol–water partition coefficient (Wildman–Crippen LogP) is 3.03. The summed E-state index contributed by atoms with van der Waals surface area (Å²) >= 11 is 0. The van der Waals surface area contributed by atoms with Crippen LogP contribution < -0.4 is 10.1 Å². The van der Waals surface area contributed by atoms with E-state index in [0.717, 1.165) is 31.6 Å². The summed E-state index contributed by atoms with van der Waals surface area (Å²) in [6.45, 7) is 4.50. The minimum Gasteiger partial charge on any atom is -0.435 e. The van der Waals surface area contributed by atoms with Crippen LogP contribution in [0.25, 0.3) is 0 Å². The largest absolute Gasteiger partial charge is 0.435 e. The van der Waals surface area contributed by atoms with Crippen molar-refractivity contribution in [2.45, 2.75) is 39.0 Å². The standard InChI is InChI=1S/C15H22F2N2O/c1-3-7-19(13-9-18-10-13)11(2)12-5-4-6-14(8-12)20-15(16)17/h4-6,8,11,13,15,18H,3,7,9-10H2,1-2H3. The summed E-state index contributed by atoms with van der Waals surface area (Å²) in [4.78, 5) is 2.43. The molecule has 0 aliphatic carbocycles. The second kappa shape index (κ2) is 6.99. The molecule has 1 atom stereocenters. The lowest BCUT2D eigenvalue weighted by Gasteiger charge is -2.42. The van der Waals surface area contributed by atoms with Crippen LogP contribution in [0.3, 0.4) is 0 Å². The fraction of sp³-hybridized carbons (Fsp3) is 0.600. The topological polar surface area (TPSA) is 24.5 Å². The molecule has 112 valence electrons. The van der Waals surface area contributed by atoms with E-state index in [9.17, 15) is 8.78 Å². The SMILES string of the molecule is CCCN(C1CNC1)C(C)c1cccc(OC(F)F)c1. The molecule has 1 aromatic rings. The molecule has 1 saturated heterocycles. The molecule has 20 heavy (non-hydrogen) atoms. The van der Waals surface area contributed by atoms with E-state index in [2.05, 4.69) is 28.8 Å². The van der Waals surface area contributed by atoms with Crippen LogP contribution in [0.15, 0.2) is 24.3 Å². The van der Waals surface area contributed by atoms with Gasteiger partial charge in [0.1, 0.15) is 5.75 Å². The predicted molar refractivity (Wildman–Crippen MR) is 75.1 cm³/mol. The lowest BCUT2D eigenvalue weighted by molar-refractivity contribution is -0.0499. The van der Waals surface area contributed by atoms with Gasteiger partial charge in [-0.3, -0.25) is 4.90 Å². The van der Waals surface area contributed by atoms with Crippen LogP contribution in [0.1, 0.15) is 31.9 Å². The Kier molecular flexibility index (Phi) is 5.31. The maximum absolute atomic E-state index is 12.3. The van der Waals surface area contributed by atoms with E-state index in [0.29, 0.717) is 6.04 Å². The molecule has 1 N–H and O–H groups in total. The van der Waals surface area contributed by atoms with Gasteiger partial charge in [0, 0.05) is 25.2 Å². The zero-order valence-corrected chi connectivity index (χ0v) is 12.0. The van der Waals surface area contributed by atoms with Crippen LogP contribution in [0.5, 0.6) is 5.75 Å². The molecule has 0 spiro atoms. The Morgan fingerprint density at radius 2 is 2.15 bits per heavy atom. The van der Waals surface area contributed by atoms with Gasteiger partial charge in [-0.25, -0.2) is 0 Å². The van der Waals surface area contributed by atoms with Crippen molar-refractivity contribution in [3.63, 3.8) is 0 Å². The van der Waals surface area contributed by atoms with Crippen LogP contribution >= 0.6 is 0 Å². The number of nitrogens with one attached hydrogen (secondary N) is 1. The first kappa shape index (κ1) is 15.2. The van der Waals surface area contributed by atoms with Crippen LogP contribution in [0.2, 0.25) is 0 Å². The van der Waals surface area contributed by atoms with Crippen LogP contribution in [-0.2, 0) is 0 Å². The van der Waals surface area contributed by atoms with Crippen molar-refractivity contribution in [1.82, 2.24) is 10.2 Å². The maximum Gasteiger partial charge on any atom is 0.387 e. The van der Waals surface area contributed by atoms with E-state index in [4.69, 9.17) is 0 Å². The maximum atomic E-state index is 12.3. The molecule has 1 aliphatic heterocycles. The fourth-order valence-electron chi connectivity index (χ4n) is 2.60. The van der Waals surface area contributed by atoms with Crippen molar-refractivity contribution in [2.75, 3.05) is 19.6 Å².